The summed E-state index contributed by atoms with van der Waals surface area (Å²) in [7, 11) is 0. The molecule has 3 amide bonds. The fraction of sp³-hybridized carbons (Fsp3) is 0.706. The maximum absolute atomic E-state index is 12.5. The SMILES string of the molecule is CSCCC(NC(=O)CN)C(=O)NC(CC(=O)O)C(=O)NC(CCCCN)C(=O)O. The number of carbonyl (C=O) groups is 5. The number of rotatable bonds is 16. The lowest BCUT2D eigenvalue weighted by Gasteiger charge is -2.23. The molecule has 0 saturated heterocycles. The van der Waals surface area contributed by atoms with Crippen LogP contribution < -0.4 is 27.4 Å². The third-order valence-corrected chi connectivity index (χ3v) is 4.66. The van der Waals surface area contributed by atoms with Crippen LogP contribution in [0.3, 0.4) is 0 Å². The second-order valence-corrected chi connectivity index (χ2v) is 7.43. The van der Waals surface area contributed by atoms with Gasteiger partial charge in [0.05, 0.1) is 13.0 Å². The molecule has 0 aliphatic carbocycles. The van der Waals surface area contributed by atoms with Crippen LogP contribution in [-0.2, 0) is 24.0 Å². The Morgan fingerprint density at radius 2 is 1.47 bits per heavy atom. The number of nitrogens with two attached hydrogens (primary N) is 2. The summed E-state index contributed by atoms with van der Waals surface area (Å²) in [5, 5.41) is 25.3. The summed E-state index contributed by atoms with van der Waals surface area (Å²) < 4.78 is 0. The number of carbonyl (C=O) groups excluding carboxylic acids is 3. The number of carboxylic acid groups (broad SMARTS) is 2. The number of hydrogen-bond acceptors (Lipinski definition) is 8. The highest BCUT2D eigenvalue weighted by atomic mass is 32.2. The molecular weight excluding hydrogens is 418 g/mol. The fourth-order valence-electron chi connectivity index (χ4n) is 2.44. The monoisotopic (exact) mass is 449 g/mol. The predicted octanol–water partition coefficient (Wildman–Crippen LogP) is -2.16. The van der Waals surface area contributed by atoms with E-state index in [0.29, 0.717) is 25.1 Å². The molecule has 0 bridgehead atoms. The third kappa shape index (κ3) is 11.6. The standard InChI is InChI=1S/C17H31N5O7S/c1-30-7-5-10(20-13(23)9-19)15(26)22-12(8-14(24)25)16(27)21-11(17(28)29)4-2-3-6-18/h10-12H,2-9,18-19H2,1H3,(H,20,23)(H,21,27)(H,22,26)(H,24,25)(H,28,29). The van der Waals surface area contributed by atoms with Gasteiger partial charge in [-0.15, -0.1) is 0 Å². The van der Waals surface area contributed by atoms with E-state index in [1.165, 1.54) is 11.8 Å². The first-order valence-electron chi connectivity index (χ1n) is 9.40. The molecule has 0 aliphatic rings. The van der Waals surface area contributed by atoms with Gasteiger partial charge in [-0.1, -0.05) is 0 Å². The Kier molecular flexibility index (Phi) is 14.2. The van der Waals surface area contributed by atoms with Crippen LogP contribution in [0.1, 0.15) is 32.1 Å². The second-order valence-electron chi connectivity index (χ2n) is 6.45. The van der Waals surface area contributed by atoms with Crippen molar-refractivity contribution in [1.82, 2.24) is 16.0 Å². The molecule has 0 spiro atoms. The van der Waals surface area contributed by atoms with Gasteiger partial charge in [-0.05, 0) is 44.2 Å². The fourth-order valence-corrected chi connectivity index (χ4v) is 2.91. The van der Waals surface area contributed by atoms with Crippen LogP contribution in [-0.4, -0.2) is 83.1 Å². The molecule has 3 atom stereocenters. The molecule has 0 aromatic heterocycles. The van der Waals surface area contributed by atoms with Gasteiger partial charge in [0.25, 0.3) is 0 Å². The molecule has 0 heterocycles. The summed E-state index contributed by atoms with van der Waals surface area (Å²) in [6, 6.07) is -3.78. The van der Waals surface area contributed by atoms with Crippen LogP contribution in [0.5, 0.6) is 0 Å². The summed E-state index contributed by atoms with van der Waals surface area (Å²) in [5.74, 6) is -4.42. The minimum Gasteiger partial charge on any atom is -0.481 e. The Morgan fingerprint density at radius 1 is 0.867 bits per heavy atom. The zero-order chi connectivity index (χ0) is 23.1. The molecule has 30 heavy (non-hydrogen) atoms. The number of aliphatic carboxylic acids is 2. The first-order chi connectivity index (χ1) is 14.2. The van der Waals surface area contributed by atoms with E-state index in [4.69, 9.17) is 16.6 Å². The topological polar surface area (TPSA) is 214 Å². The lowest BCUT2D eigenvalue weighted by molar-refractivity contribution is -0.143. The molecule has 13 heteroatoms. The number of nitrogens with one attached hydrogen (secondary N) is 3. The molecule has 0 aromatic rings. The predicted molar refractivity (Wildman–Crippen MR) is 111 cm³/mol. The zero-order valence-electron chi connectivity index (χ0n) is 16.9. The van der Waals surface area contributed by atoms with Crippen LogP contribution in [0.2, 0.25) is 0 Å². The maximum Gasteiger partial charge on any atom is 0.326 e. The Balaban J connectivity index is 5.26. The molecule has 0 aliphatic heterocycles. The Bertz CT molecular complexity index is 605. The van der Waals surface area contributed by atoms with Gasteiger partial charge in [0.1, 0.15) is 18.1 Å². The van der Waals surface area contributed by atoms with E-state index in [2.05, 4.69) is 16.0 Å². The van der Waals surface area contributed by atoms with Gasteiger partial charge in [-0.2, -0.15) is 11.8 Å². The number of unbranched alkanes of at least 4 members (excludes halogenated alkanes) is 1. The van der Waals surface area contributed by atoms with Crippen LogP contribution in [0, 0.1) is 0 Å². The lowest BCUT2D eigenvalue weighted by Crippen LogP contribution is -2.56. The van der Waals surface area contributed by atoms with E-state index >= 15 is 0 Å². The van der Waals surface area contributed by atoms with E-state index in [1.807, 2.05) is 0 Å². The van der Waals surface area contributed by atoms with E-state index < -0.39 is 54.2 Å². The highest BCUT2D eigenvalue weighted by Gasteiger charge is 2.30. The third-order valence-electron chi connectivity index (χ3n) is 4.02. The summed E-state index contributed by atoms with van der Waals surface area (Å²) >= 11 is 1.43. The number of amides is 3. The molecule has 12 nitrogen and oxygen atoms in total. The highest BCUT2D eigenvalue weighted by Crippen LogP contribution is 2.05. The van der Waals surface area contributed by atoms with Crippen molar-refractivity contribution in [2.24, 2.45) is 11.5 Å². The van der Waals surface area contributed by atoms with E-state index in [1.54, 1.807) is 6.26 Å². The highest BCUT2D eigenvalue weighted by molar-refractivity contribution is 7.98. The summed E-state index contributed by atoms with van der Waals surface area (Å²) in [4.78, 5) is 59.1. The molecule has 0 radical (unpaired) electrons. The van der Waals surface area contributed by atoms with Crippen LogP contribution in [0.4, 0.5) is 0 Å². The van der Waals surface area contributed by atoms with Crippen molar-refractivity contribution in [3.63, 3.8) is 0 Å². The van der Waals surface area contributed by atoms with Crippen molar-refractivity contribution in [1.29, 1.82) is 0 Å². The molecule has 9 N–H and O–H groups in total. The maximum atomic E-state index is 12.5. The molecular formula is C17H31N5O7S. The van der Waals surface area contributed by atoms with Gasteiger partial charge in [-0.25, -0.2) is 4.79 Å². The summed E-state index contributed by atoms with van der Waals surface area (Å²) in [6.45, 7) is 0.0229. The van der Waals surface area contributed by atoms with Crippen LogP contribution >= 0.6 is 11.8 Å². The Labute approximate surface area is 178 Å². The van der Waals surface area contributed by atoms with Crippen molar-refractivity contribution in [2.45, 2.75) is 50.2 Å². The first kappa shape index (κ1) is 27.6. The van der Waals surface area contributed by atoms with Gasteiger partial charge in [-0.3, -0.25) is 19.2 Å². The molecule has 0 fully saturated rings. The van der Waals surface area contributed by atoms with Crippen LogP contribution in [0.15, 0.2) is 0 Å². The van der Waals surface area contributed by atoms with Gasteiger partial charge < -0.3 is 37.6 Å². The van der Waals surface area contributed by atoms with Gasteiger partial charge >= 0.3 is 11.9 Å². The normalized spacial score (nSPS) is 13.6. The Morgan fingerprint density at radius 3 is 1.97 bits per heavy atom. The molecule has 3 unspecified atom stereocenters. The first-order valence-corrected chi connectivity index (χ1v) is 10.8. The van der Waals surface area contributed by atoms with E-state index in [-0.39, 0.29) is 19.4 Å². The van der Waals surface area contributed by atoms with Crippen molar-refractivity contribution in [3.8, 4) is 0 Å². The van der Waals surface area contributed by atoms with Crippen molar-refractivity contribution in [3.05, 3.63) is 0 Å². The van der Waals surface area contributed by atoms with E-state index in [0.717, 1.165) is 0 Å². The largest absolute Gasteiger partial charge is 0.481 e. The van der Waals surface area contributed by atoms with Crippen LogP contribution in [0.25, 0.3) is 0 Å². The second kappa shape index (κ2) is 15.5. The summed E-state index contributed by atoms with van der Waals surface area (Å²) in [6.07, 6.45) is 2.40. The Hall–Kier alpha value is -2.38. The zero-order valence-corrected chi connectivity index (χ0v) is 17.7. The minimum absolute atomic E-state index is 0.106. The number of thioether (sulfide) groups is 1. The summed E-state index contributed by atoms with van der Waals surface area (Å²) in [5.41, 5.74) is 10.6. The molecule has 0 saturated carbocycles. The quantitative estimate of drug-likeness (QED) is 0.127. The molecule has 172 valence electrons. The lowest BCUT2D eigenvalue weighted by atomic mass is 10.1. The van der Waals surface area contributed by atoms with Gasteiger partial charge in [0, 0.05) is 0 Å². The van der Waals surface area contributed by atoms with Crippen molar-refractivity contribution >= 4 is 41.4 Å². The van der Waals surface area contributed by atoms with Crippen molar-refractivity contribution in [2.75, 3.05) is 25.1 Å². The molecule has 0 aromatic carbocycles. The molecule has 0 rings (SSSR count). The number of carboxylic acids is 2. The number of hydrogen-bond donors (Lipinski definition) is 7. The van der Waals surface area contributed by atoms with Crippen molar-refractivity contribution < 1.29 is 34.2 Å². The average Bonchev–Trinajstić information content (AvgIpc) is 2.68. The smallest absolute Gasteiger partial charge is 0.326 e. The van der Waals surface area contributed by atoms with Gasteiger partial charge in [0.2, 0.25) is 17.7 Å². The minimum atomic E-state index is -1.52. The average molecular weight is 450 g/mol. The van der Waals surface area contributed by atoms with Gasteiger partial charge in [0.15, 0.2) is 0 Å². The van der Waals surface area contributed by atoms with E-state index in [9.17, 15) is 29.1 Å².